The van der Waals surface area contributed by atoms with Crippen LogP contribution in [-0.4, -0.2) is 67.7 Å². The molecule has 2 N–H and O–H groups in total. The van der Waals surface area contributed by atoms with Crippen LogP contribution in [-0.2, 0) is 18.4 Å². The number of aromatic nitrogens is 2. The molecule has 1 aromatic carbocycles. The minimum Gasteiger partial charge on any atom is -0.480 e. The van der Waals surface area contributed by atoms with Crippen LogP contribution in [0.1, 0.15) is 27.7 Å². The number of benzene rings is 1. The van der Waals surface area contributed by atoms with E-state index in [4.69, 9.17) is 0 Å². The van der Waals surface area contributed by atoms with E-state index < -0.39 is 18.0 Å². The lowest BCUT2D eigenvalue weighted by Crippen LogP contribution is -2.48. The van der Waals surface area contributed by atoms with Crippen LogP contribution in [0, 0.1) is 0 Å². The summed E-state index contributed by atoms with van der Waals surface area (Å²) >= 11 is 0. The third kappa shape index (κ3) is 3.92. The second-order valence-electron chi connectivity index (χ2n) is 7.61. The molecule has 3 aromatic rings. The van der Waals surface area contributed by atoms with Gasteiger partial charge in [-0.25, -0.2) is 4.79 Å². The van der Waals surface area contributed by atoms with Gasteiger partial charge in [0.2, 0.25) is 0 Å². The van der Waals surface area contributed by atoms with Crippen LogP contribution in [0.4, 0.5) is 0 Å². The third-order valence-electron chi connectivity index (χ3n) is 5.68. The maximum absolute atomic E-state index is 12.3. The SMILES string of the molecule is Cn1cc([C@H](C(=O)O)N2CCN(Cc3ccccn3)CC2)c2cc(C(=O)O)ccc21. The predicted molar refractivity (Wildman–Crippen MR) is 111 cm³/mol. The standard InChI is InChI=1S/C22H24N4O4/c1-24-14-18(17-12-15(21(27)28)5-6-19(17)24)20(22(29)30)26-10-8-25(9-11-26)13-16-4-2-3-7-23-16/h2-7,12,14,20H,8-11,13H2,1H3,(H,27,28)(H,29,30)/t20-/m1/s1. The van der Waals surface area contributed by atoms with E-state index in [1.165, 1.54) is 0 Å². The Bertz CT molecular complexity index is 1070. The molecule has 0 aliphatic carbocycles. The van der Waals surface area contributed by atoms with Crippen molar-refractivity contribution < 1.29 is 19.8 Å². The Morgan fingerprint density at radius 1 is 1.10 bits per heavy atom. The predicted octanol–water partition coefficient (Wildman–Crippen LogP) is 2.21. The molecule has 3 heterocycles. The average Bonchev–Trinajstić information content (AvgIpc) is 3.05. The van der Waals surface area contributed by atoms with Crippen molar-refractivity contribution in [3.63, 3.8) is 0 Å². The van der Waals surface area contributed by atoms with E-state index in [0.29, 0.717) is 24.0 Å². The van der Waals surface area contributed by atoms with Gasteiger partial charge in [0.25, 0.3) is 0 Å². The summed E-state index contributed by atoms with van der Waals surface area (Å²) in [6.45, 7) is 3.44. The normalized spacial score (nSPS) is 16.6. The fourth-order valence-electron chi connectivity index (χ4n) is 4.16. The number of hydrogen-bond donors (Lipinski definition) is 2. The number of aliphatic carboxylic acids is 1. The summed E-state index contributed by atoms with van der Waals surface area (Å²) in [7, 11) is 1.84. The van der Waals surface area contributed by atoms with Crippen LogP contribution < -0.4 is 0 Å². The third-order valence-corrected chi connectivity index (χ3v) is 5.68. The second-order valence-corrected chi connectivity index (χ2v) is 7.61. The van der Waals surface area contributed by atoms with Crippen LogP contribution in [0.2, 0.25) is 0 Å². The van der Waals surface area contributed by atoms with Crippen molar-refractivity contribution in [2.75, 3.05) is 26.2 Å². The Hall–Kier alpha value is -3.23. The smallest absolute Gasteiger partial charge is 0.335 e. The molecule has 8 heteroatoms. The highest BCUT2D eigenvalue weighted by Crippen LogP contribution is 2.31. The zero-order valence-corrected chi connectivity index (χ0v) is 16.7. The molecule has 156 valence electrons. The lowest BCUT2D eigenvalue weighted by molar-refractivity contribution is -0.144. The quantitative estimate of drug-likeness (QED) is 0.645. The van der Waals surface area contributed by atoms with Gasteiger partial charge >= 0.3 is 11.9 Å². The maximum Gasteiger partial charge on any atom is 0.335 e. The fraction of sp³-hybridized carbons (Fsp3) is 0.318. The molecule has 1 aliphatic heterocycles. The molecule has 2 aromatic heterocycles. The van der Waals surface area contributed by atoms with Crippen molar-refractivity contribution >= 4 is 22.8 Å². The molecule has 1 fully saturated rings. The molecule has 30 heavy (non-hydrogen) atoms. The molecule has 1 aliphatic rings. The second kappa shape index (κ2) is 8.25. The summed E-state index contributed by atoms with van der Waals surface area (Å²) in [5.74, 6) is -1.96. The first-order chi connectivity index (χ1) is 14.4. The summed E-state index contributed by atoms with van der Waals surface area (Å²) in [6, 6.07) is 9.86. The summed E-state index contributed by atoms with van der Waals surface area (Å²) in [5.41, 5.74) is 2.59. The fourth-order valence-corrected chi connectivity index (χ4v) is 4.16. The van der Waals surface area contributed by atoms with Gasteiger partial charge in [0.05, 0.1) is 11.3 Å². The minimum atomic E-state index is -1.03. The minimum absolute atomic E-state index is 0.152. The van der Waals surface area contributed by atoms with Gasteiger partial charge in [-0.1, -0.05) is 6.07 Å². The van der Waals surface area contributed by atoms with E-state index in [9.17, 15) is 19.8 Å². The summed E-state index contributed by atoms with van der Waals surface area (Å²) in [6.07, 6.45) is 3.58. The largest absolute Gasteiger partial charge is 0.480 e. The van der Waals surface area contributed by atoms with Crippen LogP contribution in [0.3, 0.4) is 0 Å². The number of piperazine rings is 1. The topological polar surface area (TPSA) is 98.9 Å². The van der Waals surface area contributed by atoms with Gasteiger partial charge in [0, 0.05) is 68.6 Å². The lowest BCUT2D eigenvalue weighted by atomic mass is 10.0. The van der Waals surface area contributed by atoms with Crippen molar-refractivity contribution in [2.24, 2.45) is 7.05 Å². The molecular formula is C22H24N4O4. The Morgan fingerprint density at radius 3 is 2.50 bits per heavy atom. The Balaban J connectivity index is 1.57. The lowest BCUT2D eigenvalue weighted by Gasteiger charge is -2.37. The van der Waals surface area contributed by atoms with E-state index in [-0.39, 0.29) is 5.56 Å². The monoisotopic (exact) mass is 408 g/mol. The first-order valence-electron chi connectivity index (χ1n) is 9.85. The first kappa shape index (κ1) is 20.1. The number of nitrogens with zero attached hydrogens (tertiary/aromatic N) is 4. The van der Waals surface area contributed by atoms with Gasteiger partial charge in [-0.15, -0.1) is 0 Å². The van der Waals surface area contributed by atoms with E-state index >= 15 is 0 Å². The molecule has 0 radical (unpaired) electrons. The van der Waals surface area contributed by atoms with Crippen molar-refractivity contribution in [2.45, 2.75) is 12.6 Å². The zero-order valence-electron chi connectivity index (χ0n) is 16.7. The molecule has 0 spiro atoms. The van der Waals surface area contributed by atoms with Crippen LogP contribution in [0.15, 0.2) is 48.8 Å². The number of carboxylic acid groups (broad SMARTS) is 2. The van der Waals surface area contributed by atoms with Gasteiger partial charge < -0.3 is 14.8 Å². The highest BCUT2D eigenvalue weighted by atomic mass is 16.4. The molecule has 0 unspecified atom stereocenters. The van der Waals surface area contributed by atoms with Crippen LogP contribution >= 0.6 is 0 Å². The number of aromatic carboxylic acids is 1. The molecule has 0 amide bonds. The Labute approximate surface area is 174 Å². The van der Waals surface area contributed by atoms with Gasteiger partial charge in [-0.3, -0.25) is 19.6 Å². The van der Waals surface area contributed by atoms with E-state index in [1.54, 1.807) is 30.6 Å². The van der Waals surface area contributed by atoms with E-state index in [1.807, 2.05) is 34.7 Å². The van der Waals surface area contributed by atoms with Gasteiger partial charge in [0.15, 0.2) is 0 Å². The summed E-state index contributed by atoms with van der Waals surface area (Å²) < 4.78 is 1.85. The van der Waals surface area contributed by atoms with Crippen LogP contribution in [0.25, 0.3) is 10.9 Å². The molecule has 0 saturated carbocycles. The van der Waals surface area contributed by atoms with Crippen molar-refractivity contribution in [1.29, 1.82) is 0 Å². The Morgan fingerprint density at radius 2 is 1.87 bits per heavy atom. The summed E-state index contributed by atoms with van der Waals surface area (Å²) in [4.78, 5) is 32.2. The molecule has 1 saturated heterocycles. The number of carbonyl (C=O) groups is 2. The molecule has 4 rings (SSSR count). The van der Waals surface area contributed by atoms with E-state index in [2.05, 4.69) is 9.88 Å². The average molecular weight is 408 g/mol. The van der Waals surface area contributed by atoms with Crippen LogP contribution in [0.5, 0.6) is 0 Å². The first-order valence-corrected chi connectivity index (χ1v) is 9.85. The molecular weight excluding hydrogens is 384 g/mol. The van der Waals surface area contributed by atoms with Crippen molar-refractivity contribution in [3.05, 3.63) is 65.6 Å². The highest BCUT2D eigenvalue weighted by molar-refractivity contribution is 5.96. The van der Waals surface area contributed by atoms with Crippen molar-refractivity contribution in [3.8, 4) is 0 Å². The number of hydrogen-bond acceptors (Lipinski definition) is 5. The van der Waals surface area contributed by atoms with Gasteiger partial charge in [-0.2, -0.15) is 0 Å². The maximum atomic E-state index is 12.3. The number of fused-ring (bicyclic) bond motifs is 1. The number of pyridine rings is 1. The van der Waals surface area contributed by atoms with Gasteiger partial charge in [0.1, 0.15) is 6.04 Å². The number of carboxylic acids is 2. The zero-order chi connectivity index (χ0) is 21.3. The molecule has 1 atom stereocenters. The highest BCUT2D eigenvalue weighted by Gasteiger charge is 2.32. The molecule has 0 bridgehead atoms. The van der Waals surface area contributed by atoms with Gasteiger partial charge in [-0.05, 0) is 30.3 Å². The summed E-state index contributed by atoms with van der Waals surface area (Å²) in [5, 5.41) is 20.0. The molecule has 8 nitrogen and oxygen atoms in total. The van der Waals surface area contributed by atoms with E-state index in [0.717, 1.165) is 30.8 Å². The number of rotatable bonds is 6. The number of aryl methyl sites for hydroxylation is 1. The van der Waals surface area contributed by atoms with Crippen molar-refractivity contribution in [1.82, 2.24) is 19.4 Å². The Kier molecular flexibility index (Phi) is 5.52.